The number of pyridine rings is 1. The maximum absolute atomic E-state index is 12.6. The molecule has 0 aliphatic heterocycles. The molecule has 1 N–H and O–H groups in total. The summed E-state index contributed by atoms with van der Waals surface area (Å²) in [6.07, 6.45) is 0. The van der Waals surface area contributed by atoms with Gasteiger partial charge < -0.3 is 14.4 Å². The minimum absolute atomic E-state index is 0.164. The first-order valence-electron chi connectivity index (χ1n) is 8.33. The number of aromatic nitrogens is 2. The largest absolute Gasteiger partial charge is 0.477 e. The van der Waals surface area contributed by atoms with Crippen LogP contribution in [0, 0.1) is 6.92 Å². The first kappa shape index (κ1) is 20.4. The van der Waals surface area contributed by atoms with Gasteiger partial charge >= 0.3 is 5.97 Å². The highest BCUT2D eigenvalue weighted by atomic mass is 35.5. The van der Waals surface area contributed by atoms with E-state index < -0.39 is 11.4 Å². The van der Waals surface area contributed by atoms with Crippen LogP contribution < -0.4 is 10.2 Å². The van der Waals surface area contributed by atoms with Crippen molar-refractivity contribution in [3.05, 3.63) is 66.7 Å². The van der Waals surface area contributed by atoms with Gasteiger partial charge in [-0.25, -0.2) is 4.79 Å². The Bertz CT molecular complexity index is 1110. The molecule has 9 heteroatoms. The van der Waals surface area contributed by atoms with Crippen LogP contribution in [-0.2, 0) is 13.2 Å². The highest BCUT2D eigenvalue weighted by Crippen LogP contribution is 2.32. The van der Waals surface area contributed by atoms with Crippen molar-refractivity contribution in [3.8, 4) is 17.1 Å². The van der Waals surface area contributed by atoms with E-state index in [-0.39, 0.29) is 28.8 Å². The maximum atomic E-state index is 12.6. The zero-order valence-electron chi connectivity index (χ0n) is 15.0. The van der Waals surface area contributed by atoms with E-state index in [1.165, 1.54) is 23.7 Å². The van der Waals surface area contributed by atoms with Gasteiger partial charge in [0.25, 0.3) is 0 Å². The SMILES string of the molecule is CCn1c(OCc2cc(C)sn2)cc(=O)c(C(=O)O)c1-c1ccc(Cl)c(Cl)c1. The van der Waals surface area contributed by atoms with E-state index in [9.17, 15) is 14.7 Å². The van der Waals surface area contributed by atoms with E-state index in [0.717, 1.165) is 10.6 Å². The summed E-state index contributed by atoms with van der Waals surface area (Å²) in [5, 5.41) is 10.2. The standard InChI is InChI=1S/C19H16Cl2N2O4S/c1-3-23-16(27-9-12-6-10(2)28-22-12)8-15(24)17(19(25)26)18(23)11-4-5-13(20)14(21)7-11/h4-8H,3,9H2,1-2H3,(H,25,26). The van der Waals surface area contributed by atoms with Crippen molar-refractivity contribution in [3.63, 3.8) is 0 Å². The number of hydrogen-bond donors (Lipinski definition) is 1. The number of aryl methyl sites for hydroxylation is 1. The minimum atomic E-state index is -1.32. The second-order valence-corrected chi connectivity index (χ2v) is 7.79. The van der Waals surface area contributed by atoms with Crippen molar-refractivity contribution in [1.29, 1.82) is 0 Å². The number of hydrogen-bond acceptors (Lipinski definition) is 5. The number of rotatable bonds is 6. The van der Waals surface area contributed by atoms with Crippen molar-refractivity contribution in [2.24, 2.45) is 0 Å². The molecule has 0 fully saturated rings. The second-order valence-electron chi connectivity index (χ2n) is 5.97. The highest BCUT2D eigenvalue weighted by Gasteiger charge is 2.23. The molecule has 0 bridgehead atoms. The fourth-order valence-corrected chi connectivity index (χ4v) is 3.70. The van der Waals surface area contributed by atoms with Crippen molar-refractivity contribution < 1.29 is 14.6 Å². The molecule has 3 rings (SSSR count). The zero-order valence-corrected chi connectivity index (χ0v) is 17.4. The number of carbonyl (C=O) groups is 1. The number of carboxylic acids is 1. The lowest BCUT2D eigenvalue weighted by atomic mass is 10.0. The summed E-state index contributed by atoms with van der Waals surface area (Å²) in [5.41, 5.74) is 0.405. The maximum Gasteiger partial charge on any atom is 0.341 e. The molecule has 0 spiro atoms. The lowest BCUT2D eigenvalue weighted by Gasteiger charge is -2.19. The van der Waals surface area contributed by atoms with Crippen molar-refractivity contribution in [1.82, 2.24) is 8.94 Å². The lowest BCUT2D eigenvalue weighted by Crippen LogP contribution is -2.22. The van der Waals surface area contributed by atoms with Crippen LogP contribution in [0.1, 0.15) is 27.9 Å². The molecular weight excluding hydrogens is 423 g/mol. The molecule has 0 saturated carbocycles. The molecule has 0 saturated heterocycles. The molecule has 2 aromatic heterocycles. The Balaban J connectivity index is 2.16. The van der Waals surface area contributed by atoms with E-state index in [4.69, 9.17) is 27.9 Å². The number of aromatic carboxylic acids is 1. The molecule has 0 radical (unpaired) electrons. The third kappa shape index (κ3) is 4.06. The Morgan fingerprint density at radius 3 is 2.57 bits per heavy atom. The third-order valence-corrected chi connectivity index (χ3v) is 5.51. The summed E-state index contributed by atoms with van der Waals surface area (Å²) in [4.78, 5) is 25.4. The summed E-state index contributed by atoms with van der Waals surface area (Å²) in [7, 11) is 0. The Hall–Kier alpha value is -2.35. The highest BCUT2D eigenvalue weighted by molar-refractivity contribution is 7.05. The van der Waals surface area contributed by atoms with Gasteiger partial charge in [-0.05, 0) is 43.6 Å². The molecule has 2 heterocycles. The molecule has 146 valence electrons. The quantitative estimate of drug-likeness (QED) is 0.592. The predicted octanol–water partition coefficient (Wildman–Crippen LogP) is 4.88. The molecule has 0 amide bonds. The first-order chi connectivity index (χ1) is 13.3. The smallest absolute Gasteiger partial charge is 0.341 e. The monoisotopic (exact) mass is 438 g/mol. The fraction of sp³-hybridized carbons (Fsp3) is 0.211. The second kappa shape index (κ2) is 8.34. The molecule has 28 heavy (non-hydrogen) atoms. The van der Waals surface area contributed by atoms with Gasteiger partial charge in [0.15, 0.2) is 5.88 Å². The van der Waals surface area contributed by atoms with Gasteiger partial charge in [0.1, 0.15) is 12.2 Å². The van der Waals surface area contributed by atoms with Crippen LogP contribution in [0.5, 0.6) is 5.88 Å². The molecule has 3 aromatic rings. The van der Waals surface area contributed by atoms with E-state index in [1.807, 2.05) is 19.9 Å². The van der Waals surface area contributed by atoms with Gasteiger partial charge in [0.2, 0.25) is 5.43 Å². The minimum Gasteiger partial charge on any atom is -0.477 e. The Morgan fingerprint density at radius 2 is 2.00 bits per heavy atom. The summed E-state index contributed by atoms with van der Waals surface area (Å²) in [6, 6.07) is 7.79. The molecular formula is C19H16Cl2N2O4S. The van der Waals surface area contributed by atoms with Crippen LogP contribution in [-0.4, -0.2) is 20.0 Å². The fourth-order valence-electron chi connectivity index (χ4n) is 2.84. The third-order valence-electron chi connectivity index (χ3n) is 4.04. The van der Waals surface area contributed by atoms with Crippen LogP contribution in [0.4, 0.5) is 0 Å². The molecule has 6 nitrogen and oxygen atoms in total. The van der Waals surface area contributed by atoms with Crippen LogP contribution in [0.3, 0.4) is 0 Å². The number of halogens is 2. The molecule has 0 unspecified atom stereocenters. The number of ether oxygens (including phenoxy) is 1. The first-order valence-corrected chi connectivity index (χ1v) is 9.86. The van der Waals surface area contributed by atoms with Gasteiger partial charge in [-0.3, -0.25) is 4.79 Å². The molecule has 0 aliphatic carbocycles. The Labute approximate surface area is 175 Å². The van der Waals surface area contributed by atoms with Crippen molar-refractivity contribution >= 4 is 40.7 Å². The van der Waals surface area contributed by atoms with Crippen LogP contribution in [0.25, 0.3) is 11.3 Å². The number of nitrogens with zero attached hydrogens (tertiary/aromatic N) is 2. The predicted molar refractivity (Wildman–Crippen MR) is 110 cm³/mol. The van der Waals surface area contributed by atoms with Gasteiger partial charge in [0.05, 0.1) is 21.4 Å². The average Bonchev–Trinajstić information content (AvgIpc) is 3.06. The van der Waals surface area contributed by atoms with E-state index in [2.05, 4.69) is 4.37 Å². The summed E-state index contributed by atoms with van der Waals surface area (Å²) >= 11 is 13.4. The van der Waals surface area contributed by atoms with Crippen LogP contribution in [0.2, 0.25) is 10.0 Å². The lowest BCUT2D eigenvalue weighted by molar-refractivity contribution is 0.0695. The molecule has 0 aliphatic rings. The van der Waals surface area contributed by atoms with E-state index >= 15 is 0 Å². The van der Waals surface area contributed by atoms with Crippen LogP contribution >= 0.6 is 34.7 Å². The topological polar surface area (TPSA) is 81.4 Å². The number of carboxylic acid groups (broad SMARTS) is 1. The van der Waals surface area contributed by atoms with Gasteiger partial charge in [0, 0.05) is 23.1 Å². The normalized spacial score (nSPS) is 10.9. The average molecular weight is 439 g/mol. The van der Waals surface area contributed by atoms with Gasteiger partial charge in [-0.2, -0.15) is 4.37 Å². The van der Waals surface area contributed by atoms with E-state index in [1.54, 1.807) is 16.7 Å². The Morgan fingerprint density at radius 1 is 1.25 bits per heavy atom. The molecule has 1 aromatic carbocycles. The summed E-state index contributed by atoms with van der Waals surface area (Å²) in [5.74, 6) is -1.07. The zero-order chi connectivity index (χ0) is 20.4. The van der Waals surface area contributed by atoms with Crippen molar-refractivity contribution in [2.45, 2.75) is 27.0 Å². The van der Waals surface area contributed by atoms with E-state index in [0.29, 0.717) is 17.1 Å². The summed E-state index contributed by atoms with van der Waals surface area (Å²) < 4.78 is 11.7. The van der Waals surface area contributed by atoms with Gasteiger partial charge in [-0.1, -0.05) is 29.3 Å². The van der Waals surface area contributed by atoms with Crippen LogP contribution in [0.15, 0.2) is 35.1 Å². The molecule has 0 atom stereocenters. The van der Waals surface area contributed by atoms with Crippen molar-refractivity contribution in [2.75, 3.05) is 0 Å². The Kier molecular flexibility index (Phi) is 6.07. The van der Waals surface area contributed by atoms with Gasteiger partial charge in [-0.15, -0.1) is 0 Å². The summed E-state index contributed by atoms with van der Waals surface area (Å²) in [6.45, 7) is 4.31. The number of benzene rings is 1.